The van der Waals surface area contributed by atoms with E-state index in [0.717, 1.165) is 13.0 Å². The van der Waals surface area contributed by atoms with Crippen LogP contribution in [-0.4, -0.2) is 31.7 Å². The first-order chi connectivity index (χ1) is 7.63. The first-order valence-corrected chi connectivity index (χ1v) is 6.75. The van der Waals surface area contributed by atoms with E-state index >= 15 is 0 Å². The third-order valence-corrected chi connectivity index (χ3v) is 3.88. The third-order valence-electron chi connectivity index (χ3n) is 2.41. The average molecular weight is 291 g/mol. The zero-order valence-corrected chi connectivity index (χ0v) is 10.9. The van der Waals surface area contributed by atoms with Crippen LogP contribution in [0.1, 0.15) is 12.8 Å². The van der Waals surface area contributed by atoms with E-state index in [4.69, 9.17) is 0 Å². The molecule has 1 rings (SSSR count). The lowest BCUT2D eigenvalue weighted by Gasteiger charge is -2.29. The van der Waals surface area contributed by atoms with Crippen molar-refractivity contribution >= 4 is 19.5 Å². The van der Waals surface area contributed by atoms with Gasteiger partial charge in [-0.3, -0.25) is 4.67 Å². The number of halogens is 3. The van der Waals surface area contributed by atoms with E-state index < -0.39 is 21.5 Å². The Kier molecular flexibility index (Phi) is 4.43. The van der Waals surface area contributed by atoms with E-state index in [2.05, 4.69) is 20.2 Å². The lowest BCUT2D eigenvalue weighted by atomic mass is 9.98. The average Bonchev–Trinajstić information content (AvgIpc) is 2.15. The topological polar surface area (TPSA) is 46.6 Å². The highest BCUT2D eigenvalue weighted by atomic mass is 32.2. The van der Waals surface area contributed by atoms with Crippen molar-refractivity contribution in [1.82, 2.24) is 4.67 Å². The molecule has 1 fully saturated rings. The molecule has 0 aliphatic carbocycles. The molecule has 0 aromatic rings. The van der Waals surface area contributed by atoms with Gasteiger partial charge in [0.15, 0.2) is 0 Å². The molecule has 0 amide bonds. The minimum absolute atomic E-state index is 0.352. The number of hydrogen-bond donors (Lipinski definition) is 0. The summed E-state index contributed by atoms with van der Waals surface area (Å²) in [5.74, 6) is -0.757. The van der Waals surface area contributed by atoms with Crippen molar-refractivity contribution in [2.45, 2.75) is 18.3 Å². The number of alkyl halides is 3. The summed E-state index contributed by atoms with van der Waals surface area (Å²) in [5, 5.41) is 0. The van der Waals surface area contributed by atoms with E-state index in [-0.39, 0.29) is 5.76 Å². The van der Waals surface area contributed by atoms with Crippen LogP contribution in [0, 0.1) is 5.92 Å². The van der Waals surface area contributed by atoms with Gasteiger partial charge in [-0.05, 0) is 12.8 Å². The molecule has 0 saturated carbocycles. The van der Waals surface area contributed by atoms with Crippen molar-refractivity contribution in [1.29, 1.82) is 0 Å². The Balaban J connectivity index is 2.67. The van der Waals surface area contributed by atoms with E-state index in [9.17, 15) is 21.6 Å². The maximum Gasteiger partial charge on any atom is 0.534 e. The van der Waals surface area contributed by atoms with Crippen LogP contribution >= 0.6 is 9.39 Å². The van der Waals surface area contributed by atoms with Crippen molar-refractivity contribution in [3.63, 3.8) is 0 Å². The minimum atomic E-state index is -5.59. The van der Waals surface area contributed by atoms with Crippen LogP contribution in [0.3, 0.4) is 0 Å². The molecule has 0 bridgehead atoms. The van der Waals surface area contributed by atoms with Gasteiger partial charge in [0.2, 0.25) is 0 Å². The highest BCUT2D eigenvalue weighted by Crippen LogP contribution is 2.31. The molecule has 0 spiro atoms. The molecule has 1 aliphatic rings. The summed E-state index contributed by atoms with van der Waals surface area (Å²) in [5.41, 5.74) is -5.41. The van der Waals surface area contributed by atoms with Gasteiger partial charge >= 0.3 is 15.6 Å². The van der Waals surface area contributed by atoms with Crippen LogP contribution in [0.4, 0.5) is 13.2 Å². The molecule has 100 valence electrons. The lowest BCUT2D eigenvalue weighted by Crippen LogP contribution is -2.32. The Morgan fingerprint density at radius 2 is 2.06 bits per heavy atom. The normalized spacial score (nSPS) is 23.4. The molecule has 2 atom stereocenters. The van der Waals surface area contributed by atoms with Crippen molar-refractivity contribution in [3.05, 3.63) is 12.3 Å². The fraction of sp³-hybridized carbons (Fsp3) is 0.750. The first-order valence-electron chi connectivity index (χ1n) is 4.82. The molecule has 0 N–H and O–H groups in total. The van der Waals surface area contributed by atoms with Crippen LogP contribution < -0.4 is 0 Å². The second kappa shape index (κ2) is 5.12. The SMILES string of the molecule is C=C(OS(=O)(=O)C(F)(F)F)C1CCCN(P)C1. The number of nitrogens with zero attached hydrogens (tertiary/aromatic N) is 1. The molecule has 0 aromatic carbocycles. The maximum atomic E-state index is 12.1. The summed E-state index contributed by atoms with van der Waals surface area (Å²) >= 11 is 0. The quantitative estimate of drug-likeness (QED) is 0.345. The summed E-state index contributed by atoms with van der Waals surface area (Å²) < 4.78 is 63.5. The van der Waals surface area contributed by atoms with Gasteiger partial charge in [0.1, 0.15) is 5.76 Å². The Labute approximate surface area is 100 Å². The van der Waals surface area contributed by atoms with Crippen LogP contribution in [-0.2, 0) is 14.3 Å². The third kappa shape index (κ3) is 3.82. The molecule has 1 heterocycles. The monoisotopic (exact) mass is 291 g/mol. The molecule has 0 radical (unpaired) electrons. The smallest absolute Gasteiger partial charge is 0.381 e. The predicted molar refractivity (Wildman–Crippen MR) is 59.2 cm³/mol. The van der Waals surface area contributed by atoms with Crippen LogP contribution in [0.5, 0.6) is 0 Å². The Bertz CT molecular complexity index is 395. The van der Waals surface area contributed by atoms with Gasteiger partial charge in [-0.25, -0.2) is 0 Å². The maximum absolute atomic E-state index is 12.1. The van der Waals surface area contributed by atoms with Gasteiger partial charge in [0.25, 0.3) is 0 Å². The summed E-state index contributed by atoms with van der Waals surface area (Å²) in [6.45, 7) is 4.48. The van der Waals surface area contributed by atoms with Crippen molar-refractivity contribution in [2.75, 3.05) is 13.1 Å². The van der Waals surface area contributed by atoms with Crippen molar-refractivity contribution < 1.29 is 25.8 Å². The molecule has 0 aromatic heterocycles. The van der Waals surface area contributed by atoms with E-state index in [1.807, 2.05) is 4.67 Å². The van der Waals surface area contributed by atoms with Crippen molar-refractivity contribution in [2.24, 2.45) is 5.92 Å². The number of rotatable bonds is 3. The molecule has 1 aliphatic heterocycles. The highest BCUT2D eigenvalue weighted by Gasteiger charge is 2.49. The molecule has 17 heavy (non-hydrogen) atoms. The number of hydrogen-bond acceptors (Lipinski definition) is 4. The fourth-order valence-corrected chi connectivity index (χ4v) is 2.47. The molecular weight excluding hydrogens is 278 g/mol. The molecule has 1 saturated heterocycles. The second-order valence-corrected chi connectivity index (χ2v) is 6.05. The molecule has 4 nitrogen and oxygen atoms in total. The first kappa shape index (κ1) is 14.7. The zero-order valence-electron chi connectivity index (χ0n) is 8.90. The molecular formula is C8H13F3NO3PS. The zero-order chi connectivity index (χ0) is 13.3. The number of piperidine rings is 1. The summed E-state index contributed by atoms with van der Waals surface area (Å²) in [6.07, 6.45) is 1.32. The van der Waals surface area contributed by atoms with Crippen LogP contribution in [0.15, 0.2) is 12.3 Å². The lowest BCUT2D eigenvalue weighted by molar-refractivity contribution is -0.0528. The molecule has 2 unspecified atom stereocenters. The molecule has 9 heteroatoms. The second-order valence-electron chi connectivity index (χ2n) is 3.78. The Morgan fingerprint density at radius 3 is 2.53 bits per heavy atom. The van der Waals surface area contributed by atoms with E-state index in [0.29, 0.717) is 13.0 Å². The predicted octanol–water partition coefficient (Wildman–Crippen LogP) is 1.87. The highest BCUT2D eigenvalue weighted by molar-refractivity contribution is 7.87. The minimum Gasteiger partial charge on any atom is -0.381 e. The van der Waals surface area contributed by atoms with Gasteiger partial charge in [-0.2, -0.15) is 21.6 Å². The fourth-order valence-electron chi connectivity index (χ4n) is 1.53. The van der Waals surface area contributed by atoms with Crippen LogP contribution in [0.2, 0.25) is 0 Å². The van der Waals surface area contributed by atoms with Gasteiger partial charge in [-0.1, -0.05) is 16.0 Å². The Morgan fingerprint density at radius 1 is 1.47 bits per heavy atom. The van der Waals surface area contributed by atoms with Crippen LogP contribution in [0.25, 0.3) is 0 Å². The van der Waals surface area contributed by atoms with E-state index in [1.54, 1.807) is 0 Å². The standard InChI is InChI=1S/C8H13F3NO3PS/c1-6(7-3-2-4-12(16)5-7)15-17(13,14)8(9,10)11/h7H,1-5,16H2. The summed E-state index contributed by atoms with van der Waals surface area (Å²) in [7, 11) is -3.17. The van der Waals surface area contributed by atoms with Gasteiger partial charge in [-0.15, -0.1) is 0 Å². The summed E-state index contributed by atoms with van der Waals surface area (Å²) in [6, 6.07) is 0. The van der Waals surface area contributed by atoms with Crippen molar-refractivity contribution in [3.8, 4) is 0 Å². The summed E-state index contributed by atoms with van der Waals surface area (Å²) in [4.78, 5) is 0. The van der Waals surface area contributed by atoms with Gasteiger partial charge in [0.05, 0.1) is 0 Å². The van der Waals surface area contributed by atoms with Gasteiger partial charge in [0, 0.05) is 19.0 Å². The van der Waals surface area contributed by atoms with Gasteiger partial charge < -0.3 is 4.18 Å². The van der Waals surface area contributed by atoms with E-state index in [1.165, 1.54) is 0 Å². The Hall–Kier alpha value is -0.330. The largest absolute Gasteiger partial charge is 0.534 e.